The molecule has 0 saturated carbocycles. The van der Waals surface area contributed by atoms with Crippen LogP contribution in [0.4, 0.5) is 27.6 Å². The van der Waals surface area contributed by atoms with Gasteiger partial charge in [-0.3, -0.25) is 4.79 Å². The topological polar surface area (TPSA) is 75.6 Å². The molecular formula is C10H6F5NO4. The molecule has 1 aromatic rings. The number of carbonyl (C=O) groups excluding carboxylic acids is 1. The number of amides is 1. The molecule has 0 atom stereocenters. The number of nitrogens with one attached hydrogen (secondary N) is 1. The number of hydrogen-bond donors (Lipinski definition) is 2. The summed E-state index contributed by atoms with van der Waals surface area (Å²) in [4.78, 5) is 21.5. The Labute approximate surface area is 107 Å². The van der Waals surface area contributed by atoms with E-state index in [0.29, 0.717) is 6.07 Å². The van der Waals surface area contributed by atoms with Crippen LogP contribution >= 0.6 is 0 Å². The van der Waals surface area contributed by atoms with Crippen molar-refractivity contribution in [2.75, 3.05) is 5.32 Å². The Morgan fingerprint density at radius 1 is 1.25 bits per heavy atom. The van der Waals surface area contributed by atoms with Gasteiger partial charge in [-0.2, -0.15) is 22.0 Å². The van der Waals surface area contributed by atoms with Crippen LogP contribution in [0.25, 0.3) is 0 Å². The van der Waals surface area contributed by atoms with Gasteiger partial charge in [0.2, 0.25) is 0 Å². The number of ether oxygens (including phenoxy) is 1. The van der Waals surface area contributed by atoms with Gasteiger partial charge < -0.3 is 15.2 Å². The molecule has 1 aromatic carbocycles. The lowest BCUT2D eigenvalue weighted by molar-refractivity contribution is -0.167. The summed E-state index contributed by atoms with van der Waals surface area (Å²) in [7, 11) is 0. The number of carboxylic acids is 1. The van der Waals surface area contributed by atoms with Crippen molar-refractivity contribution in [1.82, 2.24) is 0 Å². The maximum atomic E-state index is 12.1. The van der Waals surface area contributed by atoms with E-state index in [-0.39, 0.29) is 0 Å². The van der Waals surface area contributed by atoms with Crippen LogP contribution in [-0.2, 0) is 4.79 Å². The number of carbonyl (C=O) groups is 2. The number of halogens is 5. The van der Waals surface area contributed by atoms with Crippen molar-refractivity contribution in [3.63, 3.8) is 0 Å². The van der Waals surface area contributed by atoms with E-state index in [9.17, 15) is 31.5 Å². The first-order valence-corrected chi connectivity index (χ1v) is 4.81. The van der Waals surface area contributed by atoms with Crippen LogP contribution in [0.2, 0.25) is 0 Å². The predicted octanol–water partition coefficient (Wildman–Crippen LogP) is 2.49. The molecule has 0 unspecified atom stereocenters. The Hall–Kier alpha value is -2.39. The van der Waals surface area contributed by atoms with Gasteiger partial charge in [0, 0.05) is 6.07 Å². The van der Waals surface area contributed by atoms with E-state index in [4.69, 9.17) is 5.11 Å². The van der Waals surface area contributed by atoms with Gasteiger partial charge in [-0.1, -0.05) is 0 Å². The summed E-state index contributed by atoms with van der Waals surface area (Å²) in [6.07, 6.45) is -5.25. The highest BCUT2D eigenvalue weighted by Gasteiger charge is 2.39. The van der Waals surface area contributed by atoms with E-state index in [1.54, 1.807) is 0 Å². The fourth-order valence-electron chi connectivity index (χ4n) is 1.18. The molecule has 1 rings (SSSR count). The van der Waals surface area contributed by atoms with Gasteiger partial charge >= 0.3 is 24.7 Å². The normalized spacial score (nSPS) is 11.3. The van der Waals surface area contributed by atoms with Crippen LogP contribution in [0, 0.1) is 0 Å². The third-order valence-corrected chi connectivity index (χ3v) is 1.95. The van der Waals surface area contributed by atoms with E-state index < -0.39 is 41.7 Å². The van der Waals surface area contributed by atoms with Crippen LogP contribution < -0.4 is 10.1 Å². The molecule has 20 heavy (non-hydrogen) atoms. The van der Waals surface area contributed by atoms with E-state index in [1.165, 1.54) is 5.32 Å². The highest BCUT2D eigenvalue weighted by Crippen LogP contribution is 2.26. The fourth-order valence-corrected chi connectivity index (χ4v) is 1.18. The van der Waals surface area contributed by atoms with Crippen molar-refractivity contribution in [1.29, 1.82) is 0 Å². The summed E-state index contributed by atoms with van der Waals surface area (Å²) in [5.41, 5.74) is -1.51. The molecule has 0 heterocycles. The van der Waals surface area contributed by atoms with Gasteiger partial charge in [-0.25, -0.2) is 4.79 Å². The van der Waals surface area contributed by atoms with Gasteiger partial charge in [0.05, 0.1) is 11.3 Å². The molecule has 0 spiro atoms. The molecule has 2 N–H and O–H groups in total. The summed E-state index contributed by atoms with van der Waals surface area (Å²) < 4.78 is 64.0. The highest BCUT2D eigenvalue weighted by molar-refractivity contribution is 6.02. The van der Waals surface area contributed by atoms with Gasteiger partial charge in [-0.05, 0) is 12.1 Å². The number of carboxylic acid groups (broad SMARTS) is 1. The van der Waals surface area contributed by atoms with Crippen molar-refractivity contribution in [2.24, 2.45) is 0 Å². The van der Waals surface area contributed by atoms with E-state index in [2.05, 4.69) is 4.74 Å². The SMILES string of the molecule is O=C(O)c1ccc(OC(F)F)cc1NC(=O)C(F)(F)F. The lowest BCUT2D eigenvalue weighted by Gasteiger charge is -2.12. The fraction of sp³-hybridized carbons (Fsp3) is 0.200. The van der Waals surface area contributed by atoms with Crippen molar-refractivity contribution >= 4 is 17.6 Å². The standard InChI is InChI=1S/C10H6F5NO4/c11-9(12)20-4-1-2-5(7(17)18)6(3-4)16-8(19)10(13,14)15/h1-3,9H,(H,16,19)(H,17,18). The Morgan fingerprint density at radius 2 is 1.85 bits per heavy atom. The first kappa shape index (κ1) is 15.7. The van der Waals surface area contributed by atoms with Gasteiger partial charge in [0.1, 0.15) is 5.75 Å². The summed E-state index contributed by atoms with van der Waals surface area (Å²) in [6, 6.07) is 2.10. The second kappa shape index (κ2) is 5.72. The molecule has 0 aliphatic rings. The summed E-state index contributed by atoms with van der Waals surface area (Å²) in [6.45, 7) is -3.25. The Balaban J connectivity index is 3.12. The van der Waals surface area contributed by atoms with Crippen molar-refractivity contribution < 1.29 is 41.4 Å². The van der Waals surface area contributed by atoms with Gasteiger partial charge in [0.15, 0.2) is 0 Å². The Bertz CT molecular complexity index is 529. The van der Waals surface area contributed by atoms with E-state index in [0.717, 1.165) is 12.1 Å². The largest absolute Gasteiger partial charge is 0.478 e. The monoisotopic (exact) mass is 299 g/mol. The smallest absolute Gasteiger partial charge is 0.471 e. The van der Waals surface area contributed by atoms with Gasteiger partial charge in [0.25, 0.3) is 0 Å². The van der Waals surface area contributed by atoms with Crippen LogP contribution in [0.5, 0.6) is 5.75 Å². The molecule has 1 amide bonds. The molecule has 0 aliphatic carbocycles. The molecule has 0 bridgehead atoms. The van der Waals surface area contributed by atoms with Crippen LogP contribution in [0.3, 0.4) is 0 Å². The maximum absolute atomic E-state index is 12.1. The first-order chi connectivity index (χ1) is 9.11. The van der Waals surface area contributed by atoms with Crippen LogP contribution in [-0.4, -0.2) is 29.8 Å². The van der Waals surface area contributed by atoms with Crippen molar-refractivity contribution in [3.05, 3.63) is 23.8 Å². The zero-order valence-electron chi connectivity index (χ0n) is 9.37. The third-order valence-electron chi connectivity index (χ3n) is 1.95. The minimum absolute atomic E-state index is 0.555. The third kappa shape index (κ3) is 4.07. The molecule has 110 valence electrons. The Kier molecular flexibility index (Phi) is 4.48. The van der Waals surface area contributed by atoms with Crippen LogP contribution in [0.15, 0.2) is 18.2 Å². The number of hydrogen-bond acceptors (Lipinski definition) is 3. The predicted molar refractivity (Wildman–Crippen MR) is 54.7 cm³/mol. The summed E-state index contributed by atoms with van der Waals surface area (Å²) >= 11 is 0. The molecule has 0 aromatic heterocycles. The molecule has 0 fully saturated rings. The number of aromatic carboxylic acids is 1. The van der Waals surface area contributed by atoms with Crippen molar-refractivity contribution in [2.45, 2.75) is 12.8 Å². The summed E-state index contributed by atoms with van der Waals surface area (Å²) in [5, 5.41) is 10.0. The van der Waals surface area contributed by atoms with Crippen LogP contribution in [0.1, 0.15) is 10.4 Å². The van der Waals surface area contributed by atoms with Crippen molar-refractivity contribution in [3.8, 4) is 5.75 Å². The molecule has 0 radical (unpaired) electrons. The zero-order valence-corrected chi connectivity index (χ0v) is 9.37. The number of benzene rings is 1. The first-order valence-electron chi connectivity index (χ1n) is 4.81. The average molecular weight is 299 g/mol. The minimum atomic E-state index is -5.25. The molecule has 10 heteroatoms. The Morgan fingerprint density at radius 3 is 2.30 bits per heavy atom. The second-order valence-corrected chi connectivity index (χ2v) is 3.34. The zero-order chi connectivity index (χ0) is 15.5. The van der Waals surface area contributed by atoms with E-state index in [1.807, 2.05) is 0 Å². The maximum Gasteiger partial charge on any atom is 0.471 e. The molecule has 5 nitrogen and oxygen atoms in total. The molecule has 0 aliphatic heterocycles. The quantitative estimate of drug-likeness (QED) is 0.838. The highest BCUT2D eigenvalue weighted by atomic mass is 19.4. The average Bonchev–Trinajstić information content (AvgIpc) is 2.26. The minimum Gasteiger partial charge on any atom is -0.478 e. The number of alkyl halides is 5. The van der Waals surface area contributed by atoms with E-state index >= 15 is 0 Å². The molecular weight excluding hydrogens is 293 g/mol. The number of anilines is 1. The lowest BCUT2D eigenvalue weighted by atomic mass is 10.1. The number of rotatable bonds is 4. The second-order valence-electron chi connectivity index (χ2n) is 3.34. The van der Waals surface area contributed by atoms with Gasteiger partial charge in [-0.15, -0.1) is 0 Å². The molecule has 0 saturated heterocycles. The summed E-state index contributed by atoms with van der Waals surface area (Å²) in [5.74, 6) is -4.68. The lowest BCUT2D eigenvalue weighted by Crippen LogP contribution is -2.30.